The second kappa shape index (κ2) is 4.00. The van der Waals surface area contributed by atoms with Crippen LogP contribution in [0.4, 0.5) is 13.2 Å². The van der Waals surface area contributed by atoms with E-state index in [2.05, 4.69) is 0 Å². The van der Waals surface area contributed by atoms with Crippen LogP contribution in [0.15, 0.2) is 0 Å². The molecule has 0 atom stereocenters. The van der Waals surface area contributed by atoms with E-state index < -0.39 is 17.7 Å². The minimum absolute atomic E-state index is 0.0251. The van der Waals surface area contributed by atoms with Gasteiger partial charge in [-0.25, -0.2) is 0 Å². The number of carbonyl (C=O) groups excluding carboxylic acids is 1. The third kappa shape index (κ3) is 2.84. The SMILES string of the molecule is CCC1(O)CCN(C(=O)C(F)(F)F)CC1. The van der Waals surface area contributed by atoms with Gasteiger partial charge in [-0.2, -0.15) is 13.2 Å². The molecule has 1 heterocycles. The van der Waals surface area contributed by atoms with Crippen LogP contribution >= 0.6 is 0 Å². The third-order valence-corrected chi connectivity index (χ3v) is 2.88. The number of nitrogens with zero attached hydrogens (tertiary/aromatic N) is 1. The molecule has 0 unspecified atom stereocenters. The molecule has 0 radical (unpaired) electrons. The molecule has 1 fully saturated rings. The number of piperidine rings is 1. The van der Waals surface area contributed by atoms with Crippen LogP contribution in [-0.4, -0.2) is 40.8 Å². The predicted molar refractivity (Wildman–Crippen MR) is 47.1 cm³/mol. The van der Waals surface area contributed by atoms with Crippen LogP contribution in [0.1, 0.15) is 26.2 Å². The zero-order valence-corrected chi connectivity index (χ0v) is 8.47. The molecule has 15 heavy (non-hydrogen) atoms. The fourth-order valence-corrected chi connectivity index (χ4v) is 1.66. The lowest BCUT2D eigenvalue weighted by Crippen LogP contribution is -2.50. The molecule has 0 aromatic carbocycles. The fourth-order valence-electron chi connectivity index (χ4n) is 1.66. The molecule has 0 spiro atoms. The summed E-state index contributed by atoms with van der Waals surface area (Å²) in [6, 6.07) is 0. The molecular formula is C9H14F3NO2. The number of aliphatic hydroxyl groups is 1. The number of amides is 1. The highest BCUT2D eigenvalue weighted by Crippen LogP contribution is 2.28. The van der Waals surface area contributed by atoms with Gasteiger partial charge in [-0.3, -0.25) is 4.79 Å². The van der Waals surface area contributed by atoms with Crippen molar-refractivity contribution in [1.82, 2.24) is 4.90 Å². The molecule has 0 aliphatic carbocycles. The second-order valence-corrected chi connectivity index (χ2v) is 3.87. The Hall–Kier alpha value is -0.780. The number of hydrogen-bond acceptors (Lipinski definition) is 2. The summed E-state index contributed by atoms with van der Waals surface area (Å²) in [6.07, 6.45) is -3.88. The Morgan fingerprint density at radius 2 is 1.87 bits per heavy atom. The van der Waals surface area contributed by atoms with Gasteiger partial charge in [0.2, 0.25) is 0 Å². The zero-order valence-electron chi connectivity index (χ0n) is 8.47. The molecule has 1 saturated heterocycles. The average molecular weight is 225 g/mol. The van der Waals surface area contributed by atoms with Crippen molar-refractivity contribution in [2.24, 2.45) is 0 Å². The molecule has 6 heteroatoms. The molecule has 0 saturated carbocycles. The highest BCUT2D eigenvalue weighted by Gasteiger charge is 2.44. The summed E-state index contributed by atoms with van der Waals surface area (Å²) in [5.41, 5.74) is -0.900. The van der Waals surface area contributed by atoms with E-state index in [1.807, 2.05) is 0 Å². The molecule has 1 aliphatic heterocycles. The lowest BCUT2D eigenvalue weighted by molar-refractivity contribution is -0.188. The van der Waals surface area contributed by atoms with Crippen molar-refractivity contribution in [1.29, 1.82) is 0 Å². The number of carbonyl (C=O) groups is 1. The van der Waals surface area contributed by atoms with Gasteiger partial charge in [-0.1, -0.05) is 6.92 Å². The van der Waals surface area contributed by atoms with Crippen LogP contribution in [0.2, 0.25) is 0 Å². The number of rotatable bonds is 1. The van der Waals surface area contributed by atoms with Gasteiger partial charge in [-0.05, 0) is 19.3 Å². The van der Waals surface area contributed by atoms with Gasteiger partial charge in [-0.15, -0.1) is 0 Å². The van der Waals surface area contributed by atoms with E-state index >= 15 is 0 Å². The topological polar surface area (TPSA) is 40.5 Å². The van der Waals surface area contributed by atoms with Crippen LogP contribution in [0.3, 0.4) is 0 Å². The Balaban J connectivity index is 2.55. The van der Waals surface area contributed by atoms with Gasteiger partial charge in [0.1, 0.15) is 0 Å². The second-order valence-electron chi connectivity index (χ2n) is 3.87. The maximum atomic E-state index is 12.1. The summed E-state index contributed by atoms with van der Waals surface area (Å²) in [5, 5.41) is 9.76. The molecule has 1 rings (SSSR count). The van der Waals surface area contributed by atoms with Gasteiger partial charge in [0.05, 0.1) is 5.60 Å². The van der Waals surface area contributed by atoms with Crippen molar-refractivity contribution >= 4 is 5.91 Å². The van der Waals surface area contributed by atoms with Crippen molar-refractivity contribution in [3.8, 4) is 0 Å². The van der Waals surface area contributed by atoms with E-state index in [0.717, 1.165) is 4.90 Å². The minimum atomic E-state index is -4.80. The first kappa shape index (κ1) is 12.3. The first-order chi connectivity index (χ1) is 6.78. The van der Waals surface area contributed by atoms with Crippen molar-refractivity contribution in [2.45, 2.75) is 38.0 Å². The van der Waals surface area contributed by atoms with Crippen LogP contribution < -0.4 is 0 Å². The summed E-state index contributed by atoms with van der Waals surface area (Å²) < 4.78 is 36.2. The molecule has 3 nitrogen and oxygen atoms in total. The maximum absolute atomic E-state index is 12.1. The summed E-state index contributed by atoms with van der Waals surface area (Å²) in [5.74, 6) is -1.80. The van der Waals surface area contributed by atoms with Crippen LogP contribution in [-0.2, 0) is 4.79 Å². The van der Waals surface area contributed by atoms with Crippen molar-refractivity contribution < 1.29 is 23.1 Å². The molecule has 0 aromatic heterocycles. The summed E-state index contributed by atoms with van der Waals surface area (Å²) in [7, 11) is 0. The van der Waals surface area contributed by atoms with Crippen LogP contribution in [0, 0.1) is 0 Å². The number of likely N-dealkylation sites (tertiary alicyclic amines) is 1. The fraction of sp³-hybridized carbons (Fsp3) is 0.889. The number of hydrogen-bond donors (Lipinski definition) is 1. The zero-order chi connectivity index (χ0) is 11.7. The molecule has 0 aromatic rings. The third-order valence-electron chi connectivity index (χ3n) is 2.88. The largest absolute Gasteiger partial charge is 0.471 e. The van der Waals surface area contributed by atoms with Crippen molar-refractivity contribution in [3.05, 3.63) is 0 Å². The highest BCUT2D eigenvalue weighted by molar-refractivity contribution is 5.81. The summed E-state index contributed by atoms with van der Waals surface area (Å²) in [6.45, 7) is 1.73. The van der Waals surface area contributed by atoms with E-state index in [-0.39, 0.29) is 25.9 Å². The monoisotopic (exact) mass is 225 g/mol. The summed E-state index contributed by atoms with van der Waals surface area (Å²) >= 11 is 0. The van der Waals surface area contributed by atoms with Gasteiger partial charge in [0.15, 0.2) is 0 Å². The molecule has 1 amide bonds. The van der Waals surface area contributed by atoms with E-state index in [1.165, 1.54) is 0 Å². The number of alkyl halides is 3. The van der Waals surface area contributed by atoms with Crippen LogP contribution in [0.25, 0.3) is 0 Å². The van der Waals surface area contributed by atoms with Gasteiger partial charge >= 0.3 is 12.1 Å². The molecule has 0 bridgehead atoms. The predicted octanol–water partition coefficient (Wildman–Crippen LogP) is 1.31. The van der Waals surface area contributed by atoms with E-state index in [0.29, 0.717) is 6.42 Å². The lowest BCUT2D eigenvalue weighted by atomic mass is 9.89. The Morgan fingerprint density at radius 3 is 2.20 bits per heavy atom. The number of halogens is 3. The average Bonchev–Trinajstić information content (AvgIpc) is 2.17. The Morgan fingerprint density at radius 1 is 1.40 bits per heavy atom. The van der Waals surface area contributed by atoms with E-state index in [9.17, 15) is 23.1 Å². The van der Waals surface area contributed by atoms with Gasteiger partial charge < -0.3 is 10.0 Å². The summed E-state index contributed by atoms with van der Waals surface area (Å²) in [4.78, 5) is 11.6. The van der Waals surface area contributed by atoms with Gasteiger partial charge in [0.25, 0.3) is 0 Å². The Labute approximate surface area is 85.9 Å². The normalized spacial score (nSPS) is 21.5. The first-order valence-electron chi connectivity index (χ1n) is 4.87. The Kier molecular flexibility index (Phi) is 3.28. The van der Waals surface area contributed by atoms with Gasteiger partial charge in [0, 0.05) is 13.1 Å². The standard InChI is InChI=1S/C9H14F3NO2/c1-2-8(15)3-5-13(6-4-8)7(14)9(10,11)12/h15H,2-6H2,1H3. The van der Waals surface area contributed by atoms with E-state index in [1.54, 1.807) is 6.92 Å². The highest BCUT2D eigenvalue weighted by atomic mass is 19.4. The molecule has 1 aliphatic rings. The molecule has 88 valence electrons. The quantitative estimate of drug-likeness (QED) is 0.731. The minimum Gasteiger partial charge on any atom is -0.390 e. The molecule has 1 N–H and O–H groups in total. The van der Waals surface area contributed by atoms with Crippen molar-refractivity contribution in [2.75, 3.05) is 13.1 Å². The molecular weight excluding hydrogens is 211 g/mol. The van der Waals surface area contributed by atoms with Crippen molar-refractivity contribution in [3.63, 3.8) is 0 Å². The first-order valence-corrected chi connectivity index (χ1v) is 4.87. The smallest absolute Gasteiger partial charge is 0.390 e. The maximum Gasteiger partial charge on any atom is 0.471 e. The van der Waals surface area contributed by atoms with Crippen LogP contribution in [0.5, 0.6) is 0 Å². The van der Waals surface area contributed by atoms with E-state index in [4.69, 9.17) is 0 Å². The lowest BCUT2D eigenvalue weighted by Gasteiger charge is -2.37. The Bertz CT molecular complexity index is 244.